The molecule has 6 heteroatoms. The smallest absolute Gasteiger partial charge is 0.252 e. The predicted octanol–water partition coefficient (Wildman–Crippen LogP) is 1.83. The number of hydrogen-bond donors (Lipinski definition) is 1. The standard InChI is InChI=1S/C17H24N2O4/c1-12(17(21)19-7-5-4-6-8-19)18-16(20)13-9-14(22-2)11-15(10-13)23-3/h9-12H,4-8H2,1-3H3,(H,18,20)/t12-/m0/s1. The molecule has 0 aliphatic carbocycles. The molecule has 0 saturated carbocycles. The van der Waals surface area contributed by atoms with Crippen LogP contribution in [0, 0.1) is 0 Å². The van der Waals surface area contributed by atoms with Crippen molar-refractivity contribution in [2.45, 2.75) is 32.2 Å². The molecule has 2 amide bonds. The van der Waals surface area contributed by atoms with Gasteiger partial charge in [-0.25, -0.2) is 0 Å². The Kier molecular flexibility index (Phi) is 5.84. The average molecular weight is 320 g/mol. The Balaban J connectivity index is 2.04. The number of carbonyl (C=O) groups is 2. The minimum Gasteiger partial charge on any atom is -0.497 e. The van der Waals surface area contributed by atoms with Crippen molar-refractivity contribution >= 4 is 11.8 Å². The molecule has 1 heterocycles. The number of amides is 2. The normalized spacial score (nSPS) is 15.7. The fraction of sp³-hybridized carbons (Fsp3) is 0.529. The third-order valence-corrected chi connectivity index (χ3v) is 4.00. The van der Waals surface area contributed by atoms with E-state index < -0.39 is 6.04 Å². The van der Waals surface area contributed by atoms with Crippen LogP contribution in [-0.2, 0) is 4.79 Å². The minimum absolute atomic E-state index is 0.0343. The Morgan fingerprint density at radius 1 is 1.04 bits per heavy atom. The maximum Gasteiger partial charge on any atom is 0.252 e. The van der Waals surface area contributed by atoms with Gasteiger partial charge in [0.1, 0.15) is 17.5 Å². The van der Waals surface area contributed by atoms with Gasteiger partial charge in [-0.05, 0) is 38.3 Å². The molecule has 6 nitrogen and oxygen atoms in total. The number of hydrogen-bond acceptors (Lipinski definition) is 4. The molecule has 1 saturated heterocycles. The van der Waals surface area contributed by atoms with Crippen LogP contribution in [0.3, 0.4) is 0 Å². The summed E-state index contributed by atoms with van der Waals surface area (Å²) in [5.74, 6) is 0.710. The first-order chi connectivity index (χ1) is 11.0. The molecule has 0 bridgehead atoms. The van der Waals surface area contributed by atoms with E-state index in [2.05, 4.69) is 5.32 Å². The van der Waals surface area contributed by atoms with Crippen molar-refractivity contribution < 1.29 is 19.1 Å². The van der Waals surface area contributed by atoms with E-state index in [1.165, 1.54) is 14.2 Å². The summed E-state index contributed by atoms with van der Waals surface area (Å²) in [6.45, 7) is 3.25. The molecule has 1 aromatic carbocycles. The van der Waals surface area contributed by atoms with E-state index >= 15 is 0 Å². The number of benzene rings is 1. The Morgan fingerprint density at radius 2 is 1.61 bits per heavy atom. The second kappa shape index (κ2) is 7.85. The summed E-state index contributed by atoms with van der Waals surface area (Å²) in [4.78, 5) is 26.6. The van der Waals surface area contributed by atoms with Gasteiger partial charge in [-0.2, -0.15) is 0 Å². The Hall–Kier alpha value is -2.24. The number of piperidine rings is 1. The molecule has 0 spiro atoms. The van der Waals surface area contributed by atoms with Crippen LogP contribution in [0.5, 0.6) is 11.5 Å². The molecule has 0 aromatic heterocycles. The van der Waals surface area contributed by atoms with Crippen LogP contribution in [0.25, 0.3) is 0 Å². The van der Waals surface area contributed by atoms with Gasteiger partial charge in [-0.15, -0.1) is 0 Å². The van der Waals surface area contributed by atoms with Crippen LogP contribution in [-0.4, -0.2) is 50.1 Å². The van der Waals surface area contributed by atoms with E-state index in [0.29, 0.717) is 17.1 Å². The van der Waals surface area contributed by atoms with Crippen molar-refractivity contribution in [1.82, 2.24) is 10.2 Å². The molecule has 1 N–H and O–H groups in total. The highest BCUT2D eigenvalue weighted by Gasteiger charge is 2.24. The molecular formula is C17H24N2O4. The average Bonchev–Trinajstić information content (AvgIpc) is 2.61. The predicted molar refractivity (Wildman–Crippen MR) is 86.9 cm³/mol. The molecule has 1 fully saturated rings. The zero-order chi connectivity index (χ0) is 16.8. The lowest BCUT2D eigenvalue weighted by Gasteiger charge is -2.29. The van der Waals surface area contributed by atoms with Crippen molar-refractivity contribution in [2.24, 2.45) is 0 Å². The van der Waals surface area contributed by atoms with Crippen molar-refractivity contribution in [2.75, 3.05) is 27.3 Å². The van der Waals surface area contributed by atoms with E-state index in [1.807, 2.05) is 4.90 Å². The summed E-state index contributed by atoms with van der Waals surface area (Å²) in [5, 5.41) is 2.75. The first-order valence-corrected chi connectivity index (χ1v) is 7.88. The summed E-state index contributed by atoms with van der Waals surface area (Å²) < 4.78 is 10.3. The maximum atomic E-state index is 12.4. The molecule has 1 aliphatic rings. The van der Waals surface area contributed by atoms with Gasteiger partial charge in [-0.3, -0.25) is 9.59 Å². The van der Waals surface area contributed by atoms with Crippen LogP contribution >= 0.6 is 0 Å². The number of nitrogens with one attached hydrogen (secondary N) is 1. The summed E-state index contributed by atoms with van der Waals surface area (Å²) in [5.41, 5.74) is 0.402. The van der Waals surface area contributed by atoms with Crippen LogP contribution in [0.15, 0.2) is 18.2 Å². The van der Waals surface area contributed by atoms with Gasteiger partial charge < -0.3 is 19.7 Å². The van der Waals surface area contributed by atoms with Crippen molar-refractivity contribution in [1.29, 1.82) is 0 Å². The molecule has 1 aliphatic heterocycles. The number of carbonyl (C=O) groups excluding carboxylic acids is 2. The lowest BCUT2D eigenvalue weighted by Crippen LogP contribution is -2.48. The second-order valence-corrected chi connectivity index (χ2v) is 5.68. The maximum absolute atomic E-state index is 12.4. The van der Waals surface area contributed by atoms with E-state index in [-0.39, 0.29) is 11.8 Å². The first-order valence-electron chi connectivity index (χ1n) is 7.88. The van der Waals surface area contributed by atoms with Gasteiger partial charge >= 0.3 is 0 Å². The van der Waals surface area contributed by atoms with Crippen LogP contribution in [0.2, 0.25) is 0 Å². The molecule has 0 unspecified atom stereocenters. The minimum atomic E-state index is -0.558. The van der Waals surface area contributed by atoms with Crippen LogP contribution in [0.4, 0.5) is 0 Å². The van der Waals surface area contributed by atoms with E-state index in [0.717, 1.165) is 32.4 Å². The third-order valence-electron chi connectivity index (χ3n) is 4.00. The number of rotatable bonds is 5. The van der Waals surface area contributed by atoms with Gasteiger partial charge in [0.05, 0.1) is 14.2 Å². The zero-order valence-corrected chi connectivity index (χ0v) is 13.9. The van der Waals surface area contributed by atoms with Crippen LogP contribution < -0.4 is 14.8 Å². The van der Waals surface area contributed by atoms with Gasteiger partial charge in [0.2, 0.25) is 5.91 Å². The monoisotopic (exact) mass is 320 g/mol. The Bertz CT molecular complexity index is 545. The van der Waals surface area contributed by atoms with Gasteiger partial charge in [-0.1, -0.05) is 0 Å². The summed E-state index contributed by atoms with van der Waals surface area (Å²) in [7, 11) is 3.05. The summed E-state index contributed by atoms with van der Waals surface area (Å²) in [6.07, 6.45) is 3.22. The quantitative estimate of drug-likeness (QED) is 0.899. The van der Waals surface area contributed by atoms with Gasteiger partial charge in [0, 0.05) is 24.7 Å². The van der Waals surface area contributed by atoms with Crippen molar-refractivity contribution in [3.8, 4) is 11.5 Å². The highest BCUT2D eigenvalue weighted by atomic mass is 16.5. The molecule has 0 radical (unpaired) electrons. The topological polar surface area (TPSA) is 67.9 Å². The summed E-state index contributed by atoms with van der Waals surface area (Å²) >= 11 is 0. The summed E-state index contributed by atoms with van der Waals surface area (Å²) in [6, 6.07) is 4.38. The lowest BCUT2D eigenvalue weighted by atomic mass is 10.1. The van der Waals surface area contributed by atoms with Gasteiger partial charge in [0.15, 0.2) is 0 Å². The highest BCUT2D eigenvalue weighted by Crippen LogP contribution is 2.22. The SMILES string of the molecule is COc1cc(OC)cc(C(=O)N[C@@H](C)C(=O)N2CCCCC2)c1. The molecule has 23 heavy (non-hydrogen) atoms. The zero-order valence-electron chi connectivity index (χ0n) is 13.9. The second-order valence-electron chi connectivity index (χ2n) is 5.68. The number of likely N-dealkylation sites (tertiary alicyclic amines) is 1. The van der Waals surface area contributed by atoms with Crippen LogP contribution in [0.1, 0.15) is 36.5 Å². The van der Waals surface area contributed by atoms with Crippen molar-refractivity contribution in [3.05, 3.63) is 23.8 Å². The Labute approximate surface area is 136 Å². The molecule has 2 rings (SSSR count). The van der Waals surface area contributed by atoms with Gasteiger partial charge in [0.25, 0.3) is 5.91 Å². The fourth-order valence-electron chi connectivity index (χ4n) is 2.67. The first kappa shape index (κ1) is 17.1. The molecule has 1 aromatic rings. The fourth-order valence-corrected chi connectivity index (χ4v) is 2.67. The molecular weight excluding hydrogens is 296 g/mol. The largest absolute Gasteiger partial charge is 0.497 e. The third kappa shape index (κ3) is 4.37. The Morgan fingerprint density at radius 3 is 2.13 bits per heavy atom. The van der Waals surface area contributed by atoms with Crippen molar-refractivity contribution in [3.63, 3.8) is 0 Å². The molecule has 1 atom stereocenters. The van der Waals surface area contributed by atoms with E-state index in [1.54, 1.807) is 25.1 Å². The van der Waals surface area contributed by atoms with E-state index in [4.69, 9.17) is 9.47 Å². The van der Waals surface area contributed by atoms with E-state index in [9.17, 15) is 9.59 Å². The lowest BCUT2D eigenvalue weighted by molar-refractivity contribution is -0.133. The highest BCUT2D eigenvalue weighted by molar-refractivity contribution is 5.98. The number of nitrogens with zero attached hydrogens (tertiary/aromatic N) is 1. The number of ether oxygens (including phenoxy) is 2. The number of methoxy groups -OCH3 is 2. The molecule has 126 valence electrons.